The van der Waals surface area contributed by atoms with Crippen LogP contribution in [0.4, 0.5) is 5.95 Å². The molecule has 9 heteroatoms. The Morgan fingerprint density at radius 3 is 2.52 bits per heavy atom. The molecular weight excluding hydrogens is 380 g/mol. The Balaban J connectivity index is 1.42. The van der Waals surface area contributed by atoms with Gasteiger partial charge in [-0.05, 0) is 24.6 Å². The van der Waals surface area contributed by atoms with Crippen molar-refractivity contribution in [1.82, 2.24) is 19.9 Å². The first-order valence-electron chi connectivity index (χ1n) is 8.80. The summed E-state index contributed by atoms with van der Waals surface area (Å²) in [5, 5.41) is 0. The van der Waals surface area contributed by atoms with E-state index >= 15 is 0 Å². The molecule has 2 atom stereocenters. The number of piperazine rings is 1. The highest BCUT2D eigenvalue weighted by Gasteiger charge is 2.23. The van der Waals surface area contributed by atoms with Crippen LogP contribution in [0.15, 0.2) is 41.0 Å². The van der Waals surface area contributed by atoms with E-state index in [2.05, 4.69) is 49.9 Å². The third-order valence-electron chi connectivity index (χ3n) is 5.05. The van der Waals surface area contributed by atoms with Crippen LogP contribution in [0, 0.1) is 4.78 Å². The maximum Gasteiger partial charge on any atom is 0.225 e. The zero-order valence-corrected chi connectivity index (χ0v) is 17.0. The van der Waals surface area contributed by atoms with E-state index in [1.165, 1.54) is 28.9 Å². The average Bonchev–Trinajstić information content (AvgIpc) is 3.15. The minimum atomic E-state index is -2.77. The molecule has 3 aromatic rings. The first-order chi connectivity index (χ1) is 12.9. The van der Waals surface area contributed by atoms with E-state index in [4.69, 9.17) is 4.78 Å². The Morgan fingerprint density at radius 1 is 1.15 bits per heavy atom. The van der Waals surface area contributed by atoms with Crippen LogP contribution in [0.25, 0.3) is 10.2 Å². The second kappa shape index (κ2) is 7.14. The topological polar surface area (TPSA) is 86.1 Å². The summed E-state index contributed by atoms with van der Waals surface area (Å²) in [4.78, 5) is 18.0. The molecule has 0 saturated carbocycles. The molecule has 1 saturated heterocycles. The van der Waals surface area contributed by atoms with Gasteiger partial charge in [-0.15, -0.1) is 11.3 Å². The van der Waals surface area contributed by atoms with Gasteiger partial charge in [0.25, 0.3) is 0 Å². The zero-order valence-electron chi connectivity index (χ0n) is 15.3. The van der Waals surface area contributed by atoms with Gasteiger partial charge in [0, 0.05) is 50.9 Å². The summed E-state index contributed by atoms with van der Waals surface area (Å²) in [7, 11) is -2.77. The van der Waals surface area contributed by atoms with Crippen molar-refractivity contribution >= 4 is 37.2 Å². The van der Waals surface area contributed by atoms with E-state index in [1.807, 2.05) is 5.51 Å². The smallest absolute Gasteiger partial charge is 0.225 e. The first kappa shape index (κ1) is 18.3. The van der Waals surface area contributed by atoms with Crippen LogP contribution in [-0.4, -0.2) is 56.5 Å². The number of rotatable bonds is 4. The zero-order chi connectivity index (χ0) is 19.0. The first-order valence-corrected chi connectivity index (χ1v) is 11.6. The molecule has 1 aliphatic rings. The van der Waals surface area contributed by atoms with Gasteiger partial charge in [0.1, 0.15) is 0 Å². The summed E-state index contributed by atoms with van der Waals surface area (Å²) in [6.45, 7) is 5.76. The van der Waals surface area contributed by atoms with Crippen LogP contribution in [0.5, 0.6) is 0 Å². The normalized spacial score (nSPS) is 19.1. The summed E-state index contributed by atoms with van der Waals surface area (Å²) in [6.07, 6.45) is 4.40. The summed E-state index contributed by atoms with van der Waals surface area (Å²) >= 11 is 1.67. The number of benzene rings is 1. The number of hydrogen-bond acceptors (Lipinski definition) is 8. The van der Waals surface area contributed by atoms with Crippen LogP contribution in [0.2, 0.25) is 0 Å². The predicted molar refractivity (Wildman–Crippen MR) is 109 cm³/mol. The van der Waals surface area contributed by atoms with Gasteiger partial charge in [-0.1, -0.05) is 6.07 Å². The molecule has 0 bridgehead atoms. The molecule has 1 aromatic carbocycles. The van der Waals surface area contributed by atoms with Crippen molar-refractivity contribution in [2.45, 2.75) is 17.9 Å². The third kappa shape index (κ3) is 3.80. The molecule has 142 valence electrons. The lowest BCUT2D eigenvalue weighted by molar-refractivity contribution is 0.198. The number of hydrogen-bond donors (Lipinski definition) is 1. The van der Waals surface area contributed by atoms with E-state index in [0.29, 0.717) is 16.9 Å². The summed E-state index contributed by atoms with van der Waals surface area (Å²) in [5.41, 5.74) is 4.25. The van der Waals surface area contributed by atoms with Crippen LogP contribution in [0.1, 0.15) is 18.5 Å². The minimum Gasteiger partial charge on any atom is -0.338 e. The third-order valence-corrected chi connectivity index (χ3v) is 6.97. The lowest BCUT2D eigenvalue weighted by Crippen LogP contribution is -2.47. The fourth-order valence-corrected chi connectivity index (χ4v) is 4.50. The van der Waals surface area contributed by atoms with Gasteiger partial charge < -0.3 is 4.90 Å². The largest absolute Gasteiger partial charge is 0.338 e. The van der Waals surface area contributed by atoms with E-state index in [0.717, 1.165) is 31.7 Å². The van der Waals surface area contributed by atoms with Crippen molar-refractivity contribution in [3.63, 3.8) is 0 Å². The molecule has 0 amide bonds. The van der Waals surface area contributed by atoms with E-state index in [1.54, 1.807) is 11.3 Å². The molecule has 3 heterocycles. The number of fused-ring (bicyclic) bond motifs is 1. The molecule has 27 heavy (non-hydrogen) atoms. The Bertz CT molecular complexity index is 1040. The van der Waals surface area contributed by atoms with Crippen LogP contribution < -0.4 is 4.90 Å². The van der Waals surface area contributed by atoms with E-state index in [-0.39, 0.29) is 0 Å². The summed E-state index contributed by atoms with van der Waals surface area (Å²) < 4.78 is 20.6. The second-order valence-electron chi connectivity index (χ2n) is 6.84. The predicted octanol–water partition coefficient (Wildman–Crippen LogP) is 3.00. The van der Waals surface area contributed by atoms with E-state index in [9.17, 15) is 4.21 Å². The van der Waals surface area contributed by atoms with Gasteiger partial charge in [-0.25, -0.2) is 23.9 Å². The lowest BCUT2D eigenvalue weighted by atomic mass is 10.1. The van der Waals surface area contributed by atoms with Crippen molar-refractivity contribution < 1.29 is 4.21 Å². The van der Waals surface area contributed by atoms with Gasteiger partial charge in [-0.3, -0.25) is 4.90 Å². The van der Waals surface area contributed by atoms with Crippen molar-refractivity contribution in [2.75, 3.05) is 37.3 Å². The summed E-state index contributed by atoms with van der Waals surface area (Å²) in [5.74, 6) is 0.638. The van der Waals surface area contributed by atoms with Crippen molar-refractivity contribution in [3.8, 4) is 0 Å². The number of nitrogens with zero attached hydrogens (tertiary/aromatic N) is 5. The highest BCUT2D eigenvalue weighted by Crippen LogP contribution is 2.27. The maximum absolute atomic E-state index is 11.8. The molecule has 0 unspecified atom stereocenters. The van der Waals surface area contributed by atoms with E-state index < -0.39 is 9.73 Å². The number of anilines is 1. The van der Waals surface area contributed by atoms with Crippen molar-refractivity contribution in [1.29, 1.82) is 4.78 Å². The Labute approximate surface area is 163 Å². The molecule has 7 nitrogen and oxygen atoms in total. The van der Waals surface area contributed by atoms with Crippen LogP contribution >= 0.6 is 11.3 Å². The lowest BCUT2D eigenvalue weighted by Gasteiger charge is -2.38. The van der Waals surface area contributed by atoms with Gasteiger partial charge in [0.2, 0.25) is 5.95 Å². The Hall–Kier alpha value is -2.10. The molecule has 1 N–H and O–H groups in total. The van der Waals surface area contributed by atoms with Gasteiger partial charge in [0.05, 0.1) is 30.4 Å². The summed E-state index contributed by atoms with van der Waals surface area (Å²) in [6, 6.07) is 6.87. The average molecular weight is 403 g/mol. The number of nitrogens with one attached hydrogen (secondary N) is 1. The molecular formula is C18H22N6OS2. The molecule has 0 aliphatic carbocycles. The quantitative estimate of drug-likeness (QED) is 0.722. The Morgan fingerprint density at radius 2 is 1.85 bits per heavy atom. The fourth-order valence-electron chi connectivity index (χ4n) is 3.33. The standard InChI is InChI=1S/C18H22N6OS2/c1-13(14-3-4-17-16(9-14)22-12-26-17)23-5-7-24(8-6-23)18-20-10-15(11-21-18)27(2,19)25/h3-4,9-13,19H,5-8H2,1-2H3/t13-,27-/m0/s1. The van der Waals surface area contributed by atoms with Crippen LogP contribution in [-0.2, 0) is 9.73 Å². The molecule has 2 aromatic heterocycles. The molecule has 0 spiro atoms. The highest BCUT2D eigenvalue weighted by molar-refractivity contribution is 7.91. The SMILES string of the molecule is C[C@@H](c1ccc2scnc2c1)N1CCN(c2ncc([S@@](C)(=N)=O)cn2)CC1. The second-order valence-corrected chi connectivity index (χ2v) is 9.89. The fraction of sp³-hybridized carbons (Fsp3) is 0.389. The monoisotopic (exact) mass is 402 g/mol. The number of thiazole rings is 1. The Kier molecular flexibility index (Phi) is 4.83. The number of aromatic nitrogens is 3. The molecule has 0 radical (unpaired) electrons. The van der Waals surface area contributed by atoms with Gasteiger partial charge >= 0.3 is 0 Å². The van der Waals surface area contributed by atoms with Crippen molar-refractivity contribution in [2.24, 2.45) is 0 Å². The van der Waals surface area contributed by atoms with Crippen LogP contribution in [0.3, 0.4) is 0 Å². The molecule has 4 rings (SSSR count). The van der Waals surface area contributed by atoms with Gasteiger partial charge in [0.15, 0.2) is 0 Å². The molecule has 1 aliphatic heterocycles. The van der Waals surface area contributed by atoms with Gasteiger partial charge in [-0.2, -0.15) is 0 Å². The molecule has 1 fully saturated rings. The minimum absolute atomic E-state index is 0.328. The highest BCUT2D eigenvalue weighted by atomic mass is 32.2. The van der Waals surface area contributed by atoms with Crippen molar-refractivity contribution in [3.05, 3.63) is 41.7 Å². The maximum atomic E-state index is 11.8.